The Bertz CT molecular complexity index is 1160. The van der Waals surface area contributed by atoms with Gasteiger partial charge in [0.05, 0.1) is 20.8 Å². The Morgan fingerprint density at radius 2 is 1.61 bits per heavy atom. The smallest absolute Gasteiger partial charge is 0.262 e. The molecule has 3 aromatic carbocycles. The number of ether oxygens (including phenoxy) is 4. The van der Waals surface area contributed by atoms with E-state index in [9.17, 15) is 9.59 Å². The average Bonchev–Trinajstić information content (AvgIpc) is 2.91. The van der Waals surface area contributed by atoms with Crippen molar-refractivity contribution >= 4 is 17.5 Å². The summed E-state index contributed by atoms with van der Waals surface area (Å²) in [5.74, 6) is 2.04. The lowest BCUT2D eigenvalue weighted by atomic mass is 10.1. The largest absolute Gasteiger partial charge is 0.497 e. The second-order valence-corrected chi connectivity index (χ2v) is 7.83. The van der Waals surface area contributed by atoms with Crippen molar-refractivity contribution < 1.29 is 28.5 Å². The van der Waals surface area contributed by atoms with Gasteiger partial charge in [0.1, 0.15) is 11.5 Å². The van der Waals surface area contributed by atoms with Crippen LogP contribution >= 0.6 is 0 Å². The summed E-state index contributed by atoms with van der Waals surface area (Å²) in [5, 5.41) is 2.76. The number of carbonyl (C=O) groups excluding carboxylic acids is 2. The number of rotatable bonds is 12. The number of nitrogens with zero attached hydrogens (tertiary/aromatic N) is 1. The summed E-state index contributed by atoms with van der Waals surface area (Å²) in [6, 6.07) is 19.5. The van der Waals surface area contributed by atoms with Gasteiger partial charge in [-0.1, -0.05) is 12.1 Å². The first-order valence-electron chi connectivity index (χ1n) is 11.7. The first-order chi connectivity index (χ1) is 17.5. The number of carbonyl (C=O) groups is 2. The molecule has 190 valence electrons. The maximum atomic E-state index is 13.1. The number of hydrogen-bond donors (Lipinski definition) is 1. The molecular weight excluding hydrogens is 460 g/mol. The Labute approximate surface area is 211 Å². The molecule has 0 fully saturated rings. The molecule has 0 unspecified atom stereocenters. The summed E-state index contributed by atoms with van der Waals surface area (Å²) < 4.78 is 21.7. The van der Waals surface area contributed by atoms with Crippen LogP contribution in [-0.4, -0.2) is 50.7 Å². The first-order valence-corrected chi connectivity index (χ1v) is 11.7. The molecule has 1 N–H and O–H groups in total. The fourth-order valence-corrected chi connectivity index (χ4v) is 3.56. The van der Waals surface area contributed by atoms with Crippen LogP contribution in [0.2, 0.25) is 0 Å². The van der Waals surface area contributed by atoms with E-state index in [0.717, 1.165) is 5.56 Å². The van der Waals surface area contributed by atoms with Gasteiger partial charge >= 0.3 is 0 Å². The molecule has 0 saturated heterocycles. The van der Waals surface area contributed by atoms with Crippen molar-refractivity contribution in [3.8, 4) is 23.0 Å². The number of nitrogens with one attached hydrogen (secondary N) is 1. The van der Waals surface area contributed by atoms with Crippen LogP contribution in [0, 0.1) is 0 Å². The van der Waals surface area contributed by atoms with Gasteiger partial charge in [0, 0.05) is 30.4 Å². The number of anilines is 1. The lowest BCUT2D eigenvalue weighted by molar-refractivity contribution is -0.118. The minimum atomic E-state index is -0.300. The summed E-state index contributed by atoms with van der Waals surface area (Å²) in [6.45, 7) is 5.20. The predicted octanol–water partition coefficient (Wildman–Crippen LogP) is 4.78. The summed E-state index contributed by atoms with van der Waals surface area (Å²) in [5.41, 5.74) is 2.09. The lowest BCUT2D eigenvalue weighted by Crippen LogP contribution is -2.30. The van der Waals surface area contributed by atoms with Crippen LogP contribution in [0.3, 0.4) is 0 Å². The zero-order valence-electron chi connectivity index (χ0n) is 21.1. The van der Waals surface area contributed by atoms with Crippen molar-refractivity contribution in [3.63, 3.8) is 0 Å². The summed E-state index contributed by atoms with van der Waals surface area (Å²) in [4.78, 5) is 27.0. The van der Waals surface area contributed by atoms with Gasteiger partial charge in [0.25, 0.3) is 11.8 Å². The second kappa shape index (κ2) is 13.0. The van der Waals surface area contributed by atoms with Gasteiger partial charge in [-0.2, -0.15) is 0 Å². The van der Waals surface area contributed by atoms with E-state index in [1.165, 1.54) is 0 Å². The highest BCUT2D eigenvalue weighted by atomic mass is 16.5. The van der Waals surface area contributed by atoms with Crippen molar-refractivity contribution in [2.75, 3.05) is 39.3 Å². The lowest BCUT2D eigenvalue weighted by Gasteiger charge is -2.22. The molecule has 0 aliphatic heterocycles. The molecule has 8 nitrogen and oxygen atoms in total. The van der Waals surface area contributed by atoms with E-state index >= 15 is 0 Å². The van der Waals surface area contributed by atoms with Gasteiger partial charge in [-0.25, -0.2) is 0 Å². The molecule has 3 aromatic rings. The Balaban J connectivity index is 1.57. The summed E-state index contributed by atoms with van der Waals surface area (Å²) in [6.07, 6.45) is 0. The molecule has 0 atom stereocenters. The van der Waals surface area contributed by atoms with E-state index in [0.29, 0.717) is 53.9 Å². The van der Waals surface area contributed by atoms with Gasteiger partial charge < -0.3 is 29.2 Å². The number of benzene rings is 3. The van der Waals surface area contributed by atoms with Crippen LogP contribution < -0.4 is 24.3 Å². The van der Waals surface area contributed by atoms with Crippen molar-refractivity contribution in [2.24, 2.45) is 0 Å². The van der Waals surface area contributed by atoms with Crippen LogP contribution in [-0.2, 0) is 11.3 Å². The molecule has 0 heterocycles. The van der Waals surface area contributed by atoms with Crippen molar-refractivity contribution in [3.05, 3.63) is 77.9 Å². The van der Waals surface area contributed by atoms with E-state index in [1.54, 1.807) is 67.7 Å². The molecule has 8 heteroatoms. The highest BCUT2D eigenvalue weighted by Gasteiger charge is 2.16. The fraction of sp³-hybridized carbons (Fsp3) is 0.286. The van der Waals surface area contributed by atoms with Crippen molar-refractivity contribution in [1.82, 2.24) is 4.90 Å². The van der Waals surface area contributed by atoms with Crippen LogP contribution in [0.4, 0.5) is 5.69 Å². The highest BCUT2D eigenvalue weighted by Crippen LogP contribution is 2.29. The third-order valence-electron chi connectivity index (χ3n) is 5.39. The standard InChI is InChI=1S/C28H32N2O6/c1-5-30(18-20-10-15-25(35-6-2)26(16-20)34-4)28(32)21-11-13-23(14-12-21)36-19-27(31)29-22-8-7-9-24(17-22)33-3/h7-17H,5-6,18-19H2,1-4H3,(H,29,31). The van der Waals surface area contributed by atoms with Gasteiger partial charge in [-0.3, -0.25) is 9.59 Å². The van der Waals surface area contributed by atoms with Crippen LogP contribution in [0.25, 0.3) is 0 Å². The molecule has 0 aromatic heterocycles. The minimum Gasteiger partial charge on any atom is -0.497 e. The van der Waals surface area contributed by atoms with Crippen LogP contribution in [0.1, 0.15) is 29.8 Å². The van der Waals surface area contributed by atoms with Crippen LogP contribution in [0.5, 0.6) is 23.0 Å². The molecule has 36 heavy (non-hydrogen) atoms. The Morgan fingerprint density at radius 3 is 2.28 bits per heavy atom. The molecule has 0 radical (unpaired) electrons. The van der Waals surface area contributed by atoms with E-state index < -0.39 is 0 Å². The van der Waals surface area contributed by atoms with Gasteiger partial charge in [-0.05, 0) is 67.9 Å². The maximum Gasteiger partial charge on any atom is 0.262 e. The average molecular weight is 493 g/mol. The van der Waals surface area contributed by atoms with E-state index in [4.69, 9.17) is 18.9 Å². The third-order valence-corrected chi connectivity index (χ3v) is 5.39. The molecule has 0 spiro atoms. The molecule has 0 aliphatic rings. The monoisotopic (exact) mass is 492 g/mol. The van der Waals surface area contributed by atoms with Gasteiger partial charge in [-0.15, -0.1) is 0 Å². The van der Waals surface area contributed by atoms with E-state index in [2.05, 4.69) is 5.32 Å². The Morgan fingerprint density at radius 1 is 0.833 bits per heavy atom. The topological polar surface area (TPSA) is 86.3 Å². The first kappa shape index (κ1) is 26.4. The van der Waals surface area contributed by atoms with Gasteiger partial charge in [0.15, 0.2) is 18.1 Å². The Hall–Kier alpha value is -4.20. The van der Waals surface area contributed by atoms with Crippen molar-refractivity contribution in [2.45, 2.75) is 20.4 Å². The fourth-order valence-electron chi connectivity index (χ4n) is 3.56. The molecule has 0 bridgehead atoms. The molecule has 2 amide bonds. The van der Waals surface area contributed by atoms with E-state index in [1.807, 2.05) is 32.0 Å². The second-order valence-electron chi connectivity index (χ2n) is 7.83. The number of hydrogen-bond acceptors (Lipinski definition) is 6. The van der Waals surface area contributed by atoms with Crippen molar-refractivity contribution in [1.29, 1.82) is 0 Å². The predicted molar refractivity (Wildman–Crippen MR) is 138 cm³/mol. The maximum absolute atomic E-state index is 13.1. The highest BCUT2D eigenvalue weighted by molar-refractivity contribution is 5.94. The zero-order valence-corrected chi connectivity index (χ0v) is 21.1. The van der Waals surface area contributed by atoms with Crippen LogP contribution in [0.15, 0.2) is 66.7 Å². The SMILES string of the molecule is CCOc1ccc(CN(CC)C(=O)c2ccc(OCC(=O)Nc3cccc(OC)c3)cc2)cc1OC. The molecule has 3 rings (SSSR count). The van der Waals surface area contributed by atoms with E-state index in [-0.39, 0.29) is 18.4 Å². The quantitative estimate of drug-likeness (QED) is 0.392. The molecule has 0 aliphatic carbocycles. The number of amides is 2. The normalized spacial score (nSPS) is 10.3. The zero-order chi connectivity index (χ0) is 25.9. The molecular formula is C28H32N2O6. The summed E-state index contributed by atoms with van der Waals surface area (Å²) in [7, 11) is 3.16. The number of methoxy groups -OCH3 is 2. The Kier molecular flexibility index (Phi) is 9.56. The summed E-state index contributed by atoms with van der Waals surface area (Å²) >= 11 is 0. The van der Waals surface area contributed by atoms with Gasteiger partial charge in [0.2, 0.25) is 0 Å². The minimum absolute atomic E-state index is 0.104. The third kappa shape index (κ3) is 7.15. The molecule has 0 saturated carbocycles.